The highest BCUT2D eigenvalue weighted by Crippen LogP contribution is 2.19. The van der Waals surface area contributed by atoms with Crippen LogP contribution in [0.1, 0.15) is 57.7 Å². The van der Waals surface area contributed by atoms with Crippen molar-refractivity contribution < 1.29 is 9.59 Å². The van der Waals surface area contributed by atoms with Crippen LogP contribution in [-0.4, -0.2) is 51.6 Å². The van der Waals surface area contributed by atoms with E-state index in [4.69, 9.17) is 0 Å². The Bertz CT molecular complexity index is 879. The lowest BCUT2D eigenvalue weighted by Gasteiger charge is -2.34. The summed E-state index contributed by atoms with van der Waals surface area (Å²) in [5, 5.41) is 6.36. The maximum absolute atomic E-state index is 12.7. The number of aromatic nitrogens is 2. The molecule has 0 bridgehead atoms. The van der Waals surface area contributed by atoms with Crippen LogP contribution in [-0.2, 0) is 17.8 Å². The number of likely N-dealkylation sites (tertiary alicyclic amines) is 1. The van der Waals surface area contributed by atoms with Crippen molar-refractivity contribution in [1.82, 2.24) is 25.1 Å². The van der Waals surface area contributed by atoms with E-state index in [1.54, 1.807) is 0 Å². The summed E-state index contributed by atoms with van der Waals surface area (Å²) >= 11 is 0. The Hall–Kier alpha value is -2.57. The molecule has 1 aliphatic heterocycles. The van der Waals surface area contributed by atoms with E-state index in [9.17, 15) is 9.59 Å². The predicted molar refractivity (Wildman–Crippen MR) is 117 cm³/mol. The van der Waals surface area contributed by atoms with Gasteiger partial charge >= 0.3 is 6.03 Å². The van der Waals surface area contributed by atoms with E-state index < -0.39 is 0 Å². The van der Waals surface area contributed by atoms with Crippen LogP contribution in [0.2, 0.25) is 0 Å². The van der Waals surface area contributed by atoms with Crippen molar-refractivity contribution >= 4 is 23.0 Å². The van der Waals surface area contributed by atoms with Crippen molar-refractivity contribution in [3.05, 3.63) is 30.1 Å². The third-order valence-corrected chi connectivity index (χ3v) is 6.43. The van der Waals surface area contributed by atoms with Crippen LogP contribution < -0.4 is 10.6 Å². The first-order valence-corrected chi connectivity index (χ1v) is 11.4. The van der Waals surface area contributed by atoms with E-state index in [0.29, 0.717) is 19.1 Å². The van der Waals surface area contributed by atoms with Crippen LogP contribution in [0, 0.1) is 0 Å². The molecule has 30 heavy (non-hydrogen) atoms. The molecule has 7 heteroatoms. The van der Waals surface area contributed by atoms with Gasteiger partial charge in [0.25, 0.3) is 0 Å². The molecule has 2 aromatic rings. The van der Waals surface area contributed by atoms with Crippen LogP contribution in [0.3, 0.4) is 0 Å². The largest absolute Gasteiger partial charge is 0.352 e. The van der Waals surface area contributed by atoms with Gasteiger partial charge in [-0.3, -0.25) is 4.79 Å². The van der Waals surface area contributed by atoms with E-state index in [0.717, 1.165) is 49.0 Å². The van der Waals surface area contributed by atoms with E-state index >= 15 is 0 Å². The van der Waals surface area contributed by atoms with Gasteiger partial charge in [-0.15, -0.1) is 0 Å². The van der Waals surface area contributed by atoms with E-state index in [1.165, 1.54) is 19.3 Å². The van der Waals surface area contributed by atoms with Gasteiger partial charge in [-0.1, -0.05) is 38.3 Å². The number of carbonyl (C=O) groups is 2. The summed E-state index contributed by atoms with van der Waals surface area (Å²) in [6.45, 7) is 3.73. The molecule has 162 valence electrons. The molecule has 1 aromatic heterocycles. The molecule has 1 aliphatic carbocycles. The zero-order chi connectivity index (χ0) is 20.9. The van der Waals surface area contributed by atoms with Gasteiger partial charge in [0.2, 0.25) is 5.91 Å². The predicted octanol–water partition coefficient (Wildman–Crippen LogP) is 3.22. The summed E-state index contributed by atoms with van der Waals surface area (Å²) in [6.07, 6.45) is 8.30. The molecule has 0 spiro atoms. The van der Waals surface area contributed by atoms with Crippen molar-refractivity contribution in [1.29, 1.82) is 0 Å². The second-order valence-electron chi connectivity index (χ2n) is 8.57. The number of urea groups is 1. The third kappa shape index (κ3) is 4.77. The fraction of sp³-hybridized carbons (Fsp3) is 0.609. The molecule has 2 aliphatic rings. The van der Waals surface area contributed by atoms with Gasteiger partial charge in [0.1, 0.15) is 12.4 Å². The van der Waals surface area contributed by atoms with Gasteiger partial charge in [0, 0.05) is 31.6 Å². The number of aryl methyl sites for hydroxylation is 1. The molecular formula is C23H33N5O2. The molecule has 0 radical (unpaired) electrons. The SMILES string of the molecule is CCc1nc2ccccc2n1CC(=O)NC1CCN(C(=O)NC2CCCCC2)CC1. The Labute approximate surface area is 178 Å². The lowest BCUT2D eigenvalue weighted by atomic mass is 9.95. The molecule has 2 N–H and O–H groups in total. The summed E-state index contributed by atoms with van der Waals surface area (Å²) in [7, 11) is 0. The number of nitrogens with zero attached hydrogens (tertiary/aromatic N) is 3. The molecule has 2 fully saturated rings. The number of hydrogen-bond acceptors (Lipinski definition) is 3. The minimum Gasteiger partial charge on any atom is -0.352 e. The molecule has 3 amide bonds. The molecule has 7 nitrogen and oxygen atoms in total. The molecule has 1 saturated carbocycles. The minimum atomic E-state index is 0.0120. The highest BCUT2D eigenvalue weighted by molar-refractivity contribution is 5.81. The summed E-state index contributed by atoms with van der Waals surface area (Å²) < 4.78 is 2.01. The first-order chi connectivity index (χ1) is 14.6. The monoisotopic (exact) mass is 411 g/mol. The molecule has 0 atom stereocenters. The highest BCUT2D eigenvalue weighted by Gasteiger charge is 2.26. The first kappa shape index (κ1) is 20.7. The third-order valence-electron chi connectivity index (χ3n) is 6.43. The van der Waals surface area contributed by atoms with Gasteiger partial charge < -0.3 is 20.1 Å². The summed E-state index contributed by atoms with van der Waals surface area (Å²) in [5.41, 5.74) is 1.93. The van der Waals surface area contributed by atoms with Gasteiger partial charge in [-0.25, -0.2) is 9.78 Å². The Morgan fingerprint density at radius 3 is 2.43 bits per heavy atom. The Kier molecular flexibility index (Phi) is 6.55. The van der Waals surface area contributed by atoms with Crippen molar-refractivity contribution in [2.45, 2.75) is 76.9 Å². The average molecular weight is 412 g/mol. The van der Waals surface area contributed by atoms with Crippen LogP contribution in [0.25, 0.3) is 11.0 Å². The Balaban J connectivity index is 1.27. The summed E-state index contributed by atoms with van der Waals surface area (Å²) in [5.74, 6) is 0.943. The van der Waals surface area contributed by atoms with Crippen LogP contribution in [0.15, 0.2) is 24.3 Å². The van der Waals surface area contributed by atoms with Gasteiger partial charge in [-0.05, 0) is 37.8 Å². The van der Waals surface area contributed by atoms with Crippen LogP contribution >= 0.6 is 0 Å². The number of para-hydroxylation sites is 2. The lowest BCUT2D eigenvalue weighted by Crippen LogP contribution is -2.51. The second kappa shape index (κ2) is 9.49. The molecule has 0 unspecified atom stereocenters. The maximum atomic E-state index is 12.7. The van der Waals surface area contributed by atoms with E-state index in [2.05, 4.69) is 22.5 Å². The Morgan fingerprint density at radius 1 is 1.00 bits per heavy atom. The summed E-state index contributed by atoms with van der Waals surface area (Å²) in [4.78, 5) is 31.8. The zero-order valence-corrected chi connectivity index (χ0v) is 17.9. The number of amides is 3. The lowest BCUT2D eigenvalue weighted by molar-refractivity contribution is -0.122. The summed E-state index contributed by atoms with van der Waals surface area (Å²) in [6, 6.07) is 8.46. The molecule has 1 aromatic carbocycles. The van der Waals surface area contributed by atoms with Gasteiger partial charge in [0.15, 0.2) is 0 Å². The maximum Gasteiger partial charge on any atom is 0.317 e. The van der Waals surface area contributed by atoms with Crippen LogP contribution in [0.5, 0.6) is 0 Å². The number of piperidine rings is 1. The highest BCUT2D eigenvalue weighted by atomic mass is 16.2. The van der Waals surface area contributed by atoms with Crippen molar-refractivity contribution in [3.8, 4) is 0 Å². The Morgan fingerprint density at radius 2 is 1.70 bits per heavy atom. The number of benzene rings is 1. The molecule has 2 heterocycles. The van der Waals surface area contributed by atoms with Crippen LogP contribution in [0.4, 0.5) is 4.79 Å². The number of rotatable bonds is 5. The fourth-order valence-corrected chi connectivity index (χ4v) is 4.73. The number of imidazole rings is 1. The fourth-order valence-electron chi connectivity index (χ4n) is 4.73. The first-order valence-electron chi connectivity index (χ1n) is 11.4. The average Bonchev–Trinajstić information content (AvgIpc) is 3.12. The van der Waals surface area contributed by atoms with Crippen molar-refractivity contribution in [2.75, 3.05) is 13.1 Å². The van der Waals surface area contributed by atoms with Crippen molar-refractivity contribution in [2.24, 2.45) is 0 Å². The molecule has 1 saturated heterocycles. The minimum absolute atomic E-state index is 0.0120. The normalized spacial score (nSPS) is 18.5. The van der Waals surface area contributed by atoms with Gasteiger partial charge in [-0.2, -0.15) is 0 Å². The van der Waals surface area contributed by atoms with Gasteiger partial charge in [0.05, 0.1) is 11.0 Å². The van der Waals surface area contributed by atoms with Crippen molar-refractivity contribution in [3.63, 3.8) is 0 Å². The topological polar surface area (TPSA) is 79.3 Å². The quantitative estimate of drug-likeness (QED) is 0.793. The number of nitrogens with one attached hydrogen (secondary N) is 2. The standard InChI is InChI=1S/C23H33N5O2/c1-2-21-26-19-10-6-7-11-20(19)28(21)16-22(29)24-18-12-14-27(15-13-18)23(30)25-17-8-4-3-5-9-17/h6-7,10-11,17-18H,2-5,8-9,12-16H2,1H3,(H,24,29)(H,25,30). The smallest absolute Gasteiger partial charge is 0.317 e. The molecule has 4 rings (SSSR count). The van der Waals surface area contributed by atoms with E-state index in [1.807, 2.05) is 33.7 Å². The second-order valence-corrected chi connectivity index (χ2v) is 8.57. The number of fused-ring (bicyclic) bond motifs is 1. The molecular weight excluding hydrogens is 378 g/mol. The zero-order valence-electron chi connectivity index (χ0n) is 17.9. The van der Waals surface area contributed by atoms with E-state index in [-0.39, 0.29) is 24.5 Å². The number of carbonyl (C=O) groups excluding carboxylic acids is 2. The number of hydrogen-bond donors (Lipinski definition) is 2.